The second kappa shape index (κ2) is 6.97. The molecule has 0 saturated heterocycles. The number of hydrogen-bond donors (Lipinski definition) is 1. The highest BCUT2D eigenvalue weighted by Crippen LogP contribution is 2.30. The molecule has 0 fully saturated rings. The minimum absolute atomic E-state index is 0.0714. The Balaban J connectivity index is 2.13. The van der Waals surface area contributed by atoms with Gasteiger partial charge in [0.1, 0.15) is 11.8 Å². The standard InChI is InChI=1S/C16H18N2OS/c1-12(2)16(15-7-4-10-20-15)18-13-5-3-6-14(11-13)19-9-8-17/h3-7,10-12,16,18H,9H2,1-2H3. The van der Waals surface area contributed by atoms with Crippen molar-refractivity contribution in [2.45, 2.75) is 19.9 Å². The Morgan fingerprint density at radius 2 is 2.15 bits per heavy atom. The number of nitrogens with zero attached hydrogens (tertiary/aromatic N) is 1. The fourth-order valence-corrected chi connectivity index (χ4v) is 2.95. The molecule has 0 spiro atoms. The third kappa shape index (κ3) is 3.75. The number of benzene rings is 1. The largest absolute Gasteiger partial charge is 0.479 e. The van der Waals surface area contributed by atoms with Gasteiger partial charge in [-0.3, -0.25) is 0 Å². The van der Waals surface area contributed by atoms with Gasteiger partial charge in [0.15, 0.2) is 6.61 Å². The molecule has 2 aromatic rings. The molecule has 0 aliphatic rings. The van der Waals surface area contributed by atoms with E-state index in [4.69, 9.17) is 10.00 Å². The van der Waals surface area contributed by atoms with Crippen molar-refractivity contribution < 1.29 is 4.74 Å². The number of thiophene rings is 1. The maximum absolute atomic E-state index is 8.55. The third-order valence-electron chi connectivity index (χ3n) is 2.98. The Bertz CT molecular complexity index is 572. The predicted molar refractivity (Wildman–Crippen MR) is 83.1 cm³/mol. The van der Waals surface area contributed by atoms with Gasteiger partial charge in [-0.15, -0.1) is 11.3 Å². The second-order valence-corrected chi connectivity index (χ2v) is 5.84. The van der Waals surface area contributed by atoms with Crippen molar-refractivity contribution in [1.29, 1.82) is 5.26 Å². The average molecular weight is 286 g/mol. The quantitative estimate of drug-likeness (QED) is 0.852. The molecule has 1 N–H and O–H groups in total. The van der Waals surface area contributed by atoms with Crippen LogP contribution in [0.25, 0.3) is 0 Å². The van der Waals surface area contributed by atoms with E-state index >= 15 is 0 Å². The Labute approximate surface area is 123 Å². The first-order chi connectivity index (χ1) is 9.70. The van der Waals surface area contributed by atoms with Gasteiger partial charge in [0.25, 0.3) is 0 Å². The van der Waals surface area contributed by atoms with E-state index in [0.29, 0.717) is 11.7 Å². The minimum atomic E-state index is 0.0714. The van der Waals surface area contributed by atoms with Crippen LogP contribution in [-0.2, 0) is 0 Å². The molecule has 1 aromatic carbocycles. The van der Waals surface area contributed by atoms with E-state index < -0.39 is 0 Å². The number of hydrogen-bond acceptors (Lipinski definition) is 4. The summed E-state index contributed by atoms with van der Waals surface area (Å²) in [5.41, 5.74) is 1.01. The van der Waals surface area contributed by atoms with Crippen LogP contribution in [0.3, 0.4) is 0 Å². The lowest BCUT2D eigenvalue weighted by Gasteiger charge is -2.22. The van der Waals surface area contributed by atoms with Crippen molar-refractivity contribution in [3.05, 3.63) is 46.7 Å². The van der Waals surface area contributed by atoms with E-state index in [0.717, 1.165) is 5.69 Å². The summed E-state index contributed by atoms with van der Waals surface area (Å²) in [5.74, 6) is 1.20. The van der Waals surface area contributed by atoms with Gasteiger partial charge < -0.3 is 10.1 Å². The van der Waals surface area contributed by atoms with Gasteiger partial charge in [-0.05, 0) is 29.5 Å². The summed E-state index contributed by atoms with van der Waals surface area (Å²) < 4.78 is 5.33. The summed E-state index contributed by atoms with van der Waals surface area (Å²) >= 11 is 1.76. The van der Waals surface area contributed by atoms with Gasteiger partial charge in [-0.1, -0.05) is 26.0 Å². The molecule has 4 heteroatoms. The number of nitrogens with one attached hydrogen (secondary N) is 1. The van der Waals surface area contributed by atoms with Crippen molar-refractivity contribution in [3.63, 3.8) is 0 Å². The second-order valence-electron chi connectivity index (χ2n) is 4.86. The molecular weight excluding hydrogens is 268 g/mol. The Morgan fingerprint density at radius 3 is 2.80 bits per heavy atom. The topological polar surface area (TPSA) is 45.0 Å². The number of nitriles is 1. The van der Waals surface area contributed by atoms with E-state index in [-0.39, 0.29) is 12.6 Å². The molecule has 104 valence electrons. The molecule has 20 heavy (non-hydrogen) atoms. The Morgan fingerprint density at radius 1 is 1.30 bits per heavy atom. The van der Waals surface area contributed by atoms with Crippen molar-refractivity contribution in [3.8, 4) is 11.8 Å². The van der Waals surface area contributed by atoms with E-state index in [1.807, 2.05) is 30.3 Å². The van der Waals surface area contributed by atoms with Crippen LogP contribution in [0.15, 0.2) is 41.8 Å². The lowest BCUT2D eigenvalue weighted by Crippen LogP contribution is -2.15. The van der Waals surface area contributed by atoms with Gasteiger partial charge >= 0.3 is 0 Å². The van der Waals surface area contributed by atoms with Gasteiger partial charge in [0.05, 0.1) is 6.04 Å². The van der Waals surface area contributed by atoms with Crippen LogP contribution in [0.1, 0.15) is 24.8 Å². The van der Waals surface area contributed by atoms with Crippen LogP contribution >= 0.6 is 11.3 Å². The lowest BCUT2D eigenvalue weighted by molar-refractivity contribution is 0.368. The summed E-state index contributed by atoms with van der Waals surface area (Å²) in [6, 6.07) is 14.2. The molecule has 1 atom stereocenters. The van der Waals surface area contributed by atoms with Gasteiger partial charge in [-0.25, -0.2) is 0 Å². The van der Waals surface area contributed by atoms with Crippen LogP contribution < -0.4 is 10.1 Å². The summed E-state index contributed by atoms with van der Waals surface area (Å²) in [5, 5.41) is 14.2. The van der Waals surface area contributed by atoms with E-state index in [1.54, 1.807) is 11.3 Å². The zero-order valence-electron chi connectivity index (χ0n) is 11.7. The Kier molecular flexibility index (Phi) is 5.03. The molecule has 3 nitrogen and oxygen atoms in total. The van der Waals surface area contributed by atoms with E-state index in [9.17, 15) is 0 Å². The number of anilines is 1. The molecule has 1 unspecified atom stereocenters. The first-order valence-corrected chi connectivity index (χ1v) is 7.48. The first kappa shape index (κ1) is 14.4. The zero-order chi connectivity index (χ0) is 14.4. The molecule has 0 bridgehead atoms. The van der Waals surface area contributed by atoms with Crippen LogP contribution in [-0.4, -0.2) is 6.61 Å². The molecule has 0 saturated carbocycles. The third-order valence-corrected chi connectivity index (χ3v) is 3.93. The van der Waals surface area contributed by atoms with Crippen molar-refractivity contribution >= 4 is 17.0 Å². The van der Waals surface area contributed by atoms with Crippen molar-refractivity contribution in [1.82, 2.24) is 0 Å². The number of ether oxygens (including phenoxy) is 1. The maximum atomic E-state index is 8.55. The van der Waals surface area contributed by atoms with Gasteiger partial charge in [0, 0.05) is 16.6 Å². The van der Waals surface area contributed by atoms with E-state index in [2.05, 4.69) is 36.7 Å². The van der Waals surface area contributed by atoms with Crippen LogP contribution in [0, 0.1) is 17.2 Å². The highest BCUT2D eigenvalue weighted by Gasteiger charge is 2.16. The summed E-state index contributed by atoms with van der Waals surface area (Å²) in [7, 11) is 0. The molecular formula is C16H18N2OS. The minimum Gasteiger partial charge on any atom is -0.479 e. The summed E-state index contributed by atoms with van der Waals surface area (Å²) in [6.07, 6.45) is 0. The molecule has 1 heterocycles. The summed E-state index contributed by atoms with van der Waals surface area (Å²) in [4.78, 5) is 1.32. The fourth-order valence-electron chi connectivity index (χ4n) is 2.01. The van der Waals surface area contributed by atoms with Crippen LogP contribution in [0.2, 0.25) is 0 Å². The molecule has 1 aromatic heterocycles. The average Bonchev–Trinajstić information content (AvgIpc) is 2.96. The van der Waals surface area contributed by atoms with Gasteiger partial charge in [0.2, 0.25) is 0 Å². The van der Waals surface area contributed by atoms with E-state index in [1.165, 1.54) is 4.88 Å². The first-order valence-electron chi connectivity index (χ1n) is 6.60. The molecule has 0 amide bonds. The van der Waals surface area contributed by atoms with Gasteiger partial charge in [-0.2, -0.15) is 5.26 Å². The molecule has 2 rings (SSSR count). The normalized spacial score (nSPS) is 11.9. The van der Waals surface area contributed by atoms with Crippen molar-refractivity contribution in [2.24, 2.45) is 5.92 Å². The summed E-state index contributed by atoms with van der Waals surface area (Å²) in [6.45, 7) is 4.48. The monoisotopic (exact) mass is 286 g/mol. The maximum Gasteiger partial charge on any atom is 0.174 e. The SMILES string of the molecule is CC(C)C(Nc1cccc(OCC#N)c1)c1cccs1. The van der Waals surface area contributed by atoms with Crippen LogP contribution in [0.5, 0.6) is 5.75 Å². The predicted octanol–water partition coefficient (Wildman–Crippen LogP) is 4.46. The number of rotatable bonds is 6. The lowest BCUT2D eigenvalue weighted by atomic mass is 10.0. The molecule has 0 radical (unpaired) electrons. The fraction of sp³-hybridized carbons (Fsp3) is 0.312. The zero-order valence-corrected chi connectivity index (χ0v) is 12.5. The highest BCUT2D eigenvalue weighted by atomic mass is 32.1. The van der Waals surface area contributed by atoms with Crippen LogP contribution in [0.4, 0.5) is 5.69 Å². The smallest absolute Gasteiger partial charge is 0.174 e. The molecule has 0 aliphatic heterocycles. The molecule has 0 aliphatic carbocycles. The van der Waals surface area contributed by atoms with Crippen molar-refractivity contribution in [2.75, 3.05) is 11.9 Å². The Hall–Kier alpha value is -1.99. The highest BCUT2D eigenvalue weighted by molar-refractivity contribution is 7.10.